The van der Waals surface area contributed by atoms with E-state index in [1.165, 1.54) is 11.3 Å². The lowest BCUT2D eigenvalue weighted by Crippen LogP contribution is -2.49. The van der Waals surface area contributed by atoms with Crippen LogP contribution >= 0.6 is 36.2 Å². The van der Waals surface area contributed by atoms with Crippen LogP contribution in [0.2, 0.25) is 0 Å². The number of thiazole rings is 1. The minimum Gasteiger partial charge on any atom is -0.391 e. The van der Waals surface area contributed by atoms with Crippen LogP contribution < -0.4 is 10.6 Å². The maximum absolute atomic E-state index is 12.3. The molecule has 138 valence electrons. The smallest absolute Gasteiger partial charge is 0.271 e. The molecule has 1 aliphatic heterocycles. The molecule has 3 N–H and O–H groups in total. The summed E-state index contributed by atoms with van der Waals surface area (Å²) >= 11 is 1.50. The molecule has 9 heteroatoms. The highest BCUT2D eigenvalue weighted by Crippen LogP contribution is 2.33. The molecule has 0 unspecified atom stereocenters. The van der Waals surface area contributed by atoms with Gasteiger partial charge in [0.05, 0.1) is 12.1 Å². The van der Waals surface area contributed by atoms with Crippen LogP contribution in [0.15, 0.2) is 5.38 Å². The molecular weight excluding hydrogens is 371 g/mol. The molecule has 4 atom stereocenters. The third-order valence-electron chi connectivity index (χ3n) is 4.60. The van der Waals surface area contributed by atoms with Crippen LogP contribution in [0.3, 0.4) is 0 Å². The number of fused-ring (bicyclic) bond motifs is 1. The van der Waals surface area contributed by atoms with E-state index in [9.17, 15) is 9.90 Å². The number of halogens is 2. The van der Waals surface area contributed by atoms with Crippen molar-refractivity contribution in [3.63, 3.8) is 0 Å². The summed E-state index contributed by atoms with van der Waals surface area (Å²) in [4.78, 5) is 18.7. The molecule has 1 aromatic heterocycles. The summed E-state index contributed by atoms with van der Waals surface area (Å²) in [5.74, 6) is 0.942. The van der Waals surface area contributed by atoms with Crippen molar-refractivity contribution in [1.29, 1.82) is 0 Å². The van der Waals surface area contributed by atoms with Crippen molar-refractivity contribution in [2.24, 2.45) is 11.8 Å². The molecule has 0 bridgehead atoms. The van der Waals surface area contributed by atoms with Crippen molar-refractivity contribution < 1.29 is 9.90 Å². The van der Waals surface area contributed by atoms with Gasteiger partial charge in [0.1, 0.15) is 10.7 Å². The van der Waals surface area contributed by atoms with Crippen molar-refractivity contribution in [3.05, 3.63) is 16.1 Å². The minimum absolute atomic E-state index is 0. The lowest BCUT2D eigenvalue weighted by Gasteiger charge is -2.35. The molecule has 6 nitrogen and oxygen atoms in total. The van der Waals surface area contributed by atoms with Crippen molar-refractivity contribution in [2.75, 3.05) is 27.2 Å². The van der Waals surface area contributed by atoms with Gasteiger partial charge in [0, 0.05) is 11.9 Å². The maximum Gasteiger partial charge on any atom is 0.271 e. The first kappa shape index (κ1) is 21.6. The summed E-state index contributed by atoms with van der Waals surface area (Å²) in [7, 11) is 3.96. The van der Waals surface area contributed by atoms with E-state index in [1.54, 1.807) is 5.38 Å². The Labute approximate surface area is 159 Å². The molecule has 2 aliphatic rings. The van der Waals surface area contributed by atoms with Crippen LogP contribution in [0.1, 0.15) is 28.3 Å². The quantitative estimate of drug-likeness (QED) is 0.710. The first-order valence-electron chi connectivity index (χ1n) is 7.81. The number of rotatable bonds is 4. The zero-order chi connectivity index (χ0) is 15.7. The van der Waals surface area contributed by atoms with E-state index in [0.29, 0.717) is 17.5 Å². The SMILES string of the molecule is CN(C)Cc1nc(C(=O)N[C@H]2C[C@H]3CNC[C@H]3C[C@@H]2O)cs1.Cl.Cl. The predicted octanol–water partition coefficient (Wildman–Crippen LogP) is 1.14. The number of hydrogen-bond acceptors (Lipinski definition) is 6. The van der Waals surface area contributed by atoms with Gasteiger partial charge in [-0.15, -0.1) is 36.2 Å². The minimum atomic E-state index is -0.454. The van der Waals surface area contributed by atoms with Gasteiger partial charge in [-0.3, -0.25) is 4.79 Å². The van der Waals surface area contributed by atoms with Crippen molar-refractivity contribution in [1.82, 2.24) is 20.5 Å². The topological polar surface area (TPSA) is 77.5 Å². The van der Waals surface area contributed by atoms with E-state index in [0.717, 1.165) is 37.5 Å². The van der Waals surface area contributed by atoms with E-state index in [-0.39, 0.29) is 36.8 Å². The van der Waals surface area contributed by atoms with Gasteiger partial charge < -0.3 is 20.6 Å². The average molecular weight is 397 g/mol. The Balaban J connectivity index is 0.00000144. The lowest BCUT2D eigenvalue weighted by atomic mass is 9.77. The van der Waals surface area contributed by atoms with Crippen molar-refractivity contribution in [2.45, 2.75) is 31.5 Å². The van der Waals surface area contributed by atoms with E-state index < -0.39 is 6.10 Å². The summed E-state index contributed by atoms with van der Waals surface area (Å²) in [6, 6.07) is -0.160. The first-order valence-corrected chi connectivity index (χ1v) is 8.69. The number of amides is 1. The van der Waals surface area contributed by atoms with Crippen LogP contribution in [0.4, 0.5) is 0 Å². The normalized spacial score (nSPS) is 28.7. The van der Waals surface area contributed by atoms with E-state index >= 15 is 0 Å². The van der Waals surface area contributed by atoms with Crippen LogP contribution in [-0.4, -0.2) is 60.2 Å². The molecule has 0 radical (unpaired) electrons. The highest BCUT2D eigenvalue weighted by Gasteiger charge is 2.39. The standard InChI is InChI=1S/C15H24N4O2S.2ClH/c1-19(2)7-14-17-12(8-22-14)15(21)18-11-3-9-5-16-6-10(9)4-13(11)20;;/h8-11,13,16,20H,3-7H2,1-2H3,(H,18,21);2*1H/t9-,10+,11-,13-;;/m0../s1. The Bertz CT molecular complexity index is 543. The number of nitrogens with one attached hydrogen (secondary N) is 2. The number of nitrogens with zero attached hydrogens (tertiary/aromatic N) is 2. The summed E-state index contributed by atoms with van der Waals surface area (Å²) < 4.78 is 0. The lowest BCUT2D eigenvalue weighted by molar-refractivity contribution is 0.0460. The fourth-order valence-corrected chi connectivity index (χ4v) is 4.34. The van der Waals surface area contributed by atoms with Gasteiger partial charge in [-0.2, -0.15) is 0 Å². The molecule has 0 spiro atoms. The molecule has 1 saturated heterocycles. The second-order valence-corrected chi connectivity index (χ2v) is 7.60. The maximum atomic E-state index is 12.3. The summed E-state index contributed by atoms with van der Waals surface area (Å²) in [5, 5.41) is 19.3. The zero-order valence-corrected chi connectivity index (χ0v) is 16.3. The Morgan fingerprint density at radius 1 is 1.38 bits per heavy atom. The number of aliphatic hydroxyl groups excluding tert-OH is 1. The molecular formula is C15H26Cl2N4O2S. The fraction of sp³-hybridized carbons (Fsp3) is 0.733. The number of carbonyl (C=O) groups excluding carboxylic acids is 1. The van der Waals surface area contributed by atoms with Crippen molar-refractivity contribution >= 4 is 42.1 Å². The van der Waals surface area contributed by atoms with Gasteiger partial charge in [0.2, 0.25) is 0 Å². The Morgan fingerprint density at radius 2 is 2.04 bits per heavy atom. The Hall–Kier alpha value is -0.440. The van der Waals surface area contributed by atoms with Crippen molar-refractivity contribution in [3.8, 4) is 0 Å². The van der Waals surface area contributed by atoms with Gasteiger partial charge in [0.15, 0.2) is 0 Å². The summed E-state index contributed by atoms with van der Waals surface area (Å²) in [6.45, 7) is 2.72. The van der Waals surface area contributed by atoms with Crippen LogP contribution in [0.5, 0.6) is 0 Å². The molecule has 1 aromatic rings. The van der Waals surface area contributed by atoms with Crippen LogP contribution in [0, 0.1) is 11.8 Å². The van der Waals surface area contributed by atoms with E-state index in [1.807, 2.05) is 19.0 Å². The molecule has 1 aliphatic carbocycles. The molecule has 3 rings (SSSR count). The molecule has 24 heavy (non-hydrogen) atoms. The van der Waals surface area contributed by atoms with Gasteiger partial charge >= 0.3 is 0 Å². The number of aromatic nitrogens is 1. The monoisotopic (exact) mass is 396 g/mol. The van der Waals surface area contributed by atoms with Gasteiger partial charge in [-0.1, -0.05) is 0 Å². The highest BCUT2D eigenvalue weighted by molar-refractivity contribution is 7.09. The van der Waals surface area contributed by atoms with Gasteiger partial charge in [-0.25, -0.2) is 4.98 Å². The number of aliphatic hydroxyl groups is 1. The summed E-state index contributed by atoms with van der Waals surface area (Å²) in [5.41, 5.74) is 0.459. The second-order valence-electron chi connectivity index (χ2n) is 6.66. The van der Waals surface area contributed by atoms with Crippen LogP contribution in [0.25, 0.3) is 0 Å². The third kappa shape index (κ3) is 5.03. The predicted molar refractivity (Wildman–Crippen MR) is 100 cm³/mol. The van der Waals surface area contributed by atoms with E-state index in [2.05, 4.69) is 15.6 Å². The van der Waals surface area contributed by atoms with Crippen LogP contribution in [-0.2, 0) is 6.54 Å². The average Bonchev–Trinajstić information content (AvgIpc) is 3.07. The second kappa shape index (κ2) is 9.31. The summed E-state index contributed by atoms with van der Waals surface area (Å²) in [6.07, 6.45) is 1.16. The molecule has 0 aromatic carbocycles. The van der Waals surface area contributed by atoms with E-state index in [4.69, 9.17) is 0 Å². The highest BCUT2D eigenvalue weighted by atomic mass is 35.5. The first-order chi connectivity index (χ1) is 10.5. The zero-order valence-electron chi connectivity index (χ0n) is 13.9. The number of carbonyl (C=O) groups is 1. The Kier molecular flexibility index (Phi) is 8.38. The van der Waals surface area contributed by atoms with Gasteiger partial charge in [-0.05, 0) is 51.9 Å². The molecule has 2 heterocycles. The fourth-order valence-electron chi connectivity index (χ4n) is 3.45. The molecule has 1 amide bonds. The number of hydrogen-bond donors (Lipinski definition) is 3. The molecule has 1 saturated carbocycles. The Morgan fingerprint density at radius 3 is 2.71 bits per heavy atom. The largest absolute Gasteiger partial charge is 0.391 e. The van der Waals surface area contributed by atoms with Gasteiger partial charge in [0.25, 0.3) is 5.91 Å². The third-order valence-corrected chi connectivity index (χ3v) is 5.43. The molecule has 2 fully saturated rings.